The molecule has 0 aromatic rings. The molecule has 5 atom stereocenters. The number of Topliss-reactive ketones (excluding diaryl/α,β-unsaturated/α-hetero) is 1. The summed E-state index contributed by atoms with van der Waals surface area (Å²) in [5, 5.41) is 0. The standard InChI is InChI=1S/C17H26O4/c1-10(18)5-6-11(2)20-16-8-14-7-15(9-16)17(12(14)3)21-13(4)19/h12,14-17H,2,5-9H2,1,3-4H3. The Morgan fingerprint density at radius 2 is 1.71 bits per heavy atom. The Kier molecular flexibility index (Phi) is 5.07. The zero-order valence-electron chi connectivity index (χ0n) is 13.3. The molecule has 0 aromatic carbocycles. The van der Waals surface area contributed by atoms with Crippen LogP contribution in [-0.2, 0) is 19.1 Å². The highest BCUT2D eigenvalue weighted by Crippen LogP contribution is 2.48. The second-order valence-corrected chi connectivity index (χ2v) is 6.64. The molecule has 0 N–H and O–H groups in total. The number of hydrogen-bond acceptors (Lipinski definition) is 4. The van der Waals surface area contributed by atoms with Gasteiger partial charge in [-0.1, -0.05) is 13.5 Å². The summed E-state index contributed by atoms with van der Waals surface area (Å²) in [6.45, 7) is 9.15. The van der Waals surface area contributed by atoms with Gasteiger partial charge in [0.2, 0.25) is 0 Å². The van der Waals surface area contributed by atoms with Crippen molar-refractivity contribution in [1.29, 1.82) is 0 Å². The van der Waals surface area contributed by atoms with Crippen LogP contribution in [0.3, 0.4) is 0 Å². The van der Waals surface area contributed by atoms with Crippen LogP contribution in [0, 0.1) is 17.8 Å². The fourth-order valence-electron chi connectivity index (χ4n) is 3.85. The maximum Gasteiger partial charge on any atom is 0.302 e. The van der Waals surface area contributed by atoms with Crippen molar-refractivity contribution in [3.8, 4) is 0 Å². The fraction of sp³-hybridized carbons (Fsp3) is 0.765. The summed E-state index contributed by atoms with van der Waals surface area (Å²) in [6, 6.07) is 0. The Bertz CT molecular complexity index is 429. The van der Waals surface area contributed by atoms with E-state index in [9.17, 15) is 9.59 Å². The molecule has 2 rings (SSSR count). The van der Waals surface area contributed by atoms with Gasteiger partial charge in [0.15, 0.2) is 0 Å². The molecule has 0 heterocycles. The van der Waals surface area contributed by atoms with Crippen LogP contribution in [-0.4, -0.2) is 24.0 Å². The highest BCUT2D eigenvalue weighted by Gasteiger charge is 2.48. The van der Waals surface area contributed by atoms with Gasteiger partial charge < -0.3 is 14.3 Å². The van der Waals surface area contributed by atoms with Crippen LogP contribution >= 0.6 is 0 Å². The number of allylic oxidation sites excluding steroid dienone is 1. The summed E-state index contributed by atoms with van der Waals surface area (Å²) in [5.41, 5.74) is 0. The Morgan fingerprint density at radius 1 is 1.05 bits per heavy atom. The Morgan fingerprint density at radius 3 is 2.33 bits per heavy atom. The van der Waals surface area contributed by atoms with Crippen LogP contribution in [0.4, 0.5) is 0 Å². The molecular weight excluding hydrogens is 268 g/mol. The number of ether oxygens (including phenoxy) is 2. The molecule has 2 fully saturated rings. The SMILES string of the molecule is C=C(CCC(C)=O)OC1CC2CC(C1)C(OC(C)=O)C2C. The first-order valence-electron chi connectivity index (χ1n) is 7.88. The van der Waals surface area contributed by atoms with E-state index in [0.717, 1.165) is 19.3 Å². The summed E-state index contributed by atoms with van der Waals surface area (Å²) in [5.74, 6) is 2.02. The van der Waals surface area contributed by atoms with Crippen molar-refractivity contribution < 1.29 is 19.1 Å². The Labute approximate surface area is 126 Å². The average molecular weight is 294 g/mol. The molecule has 0 aliphatic heterocycles. The number of fused-ring (bicyclic) bond motifs is 2. The third kappa shape index (κ3) is 4.08. The van der Waals surface area contributed by atoms with Crippen molar-refractivity contribution in [3.05, 3.63) is 12.3 Å². The summed E-state index contributed by atoms with van der Waals surface area (Å²) in [7, 11) is 0. The van der Waals surface area contributed by atoms with Crippen LogP contribution < -0.4 is 0 Å². The van der Waals surface area contributed by atoms with E-state index >= 15 is 0 Å². The van der Waals surface area contributed by atoms with Crippen molar-refractivity contribution >= 4 is 11.8 Å². The molecule has 4 nitrogen and oxygen atoms in total. The summed E-state index contributed by atoms with van der Waals surface area (Å²) < 4.78 is 11.4. The molecule has 0 radical (unpaired) electrons. The number of carbonyl (C=O) groups is 2. The van der Waals surface area contributed by atoms with E-state index in [1.807, 2.05) is 0 Å². The Hall–Kier alpha value is -1.32. The molecule has 5 unspecified atom stereocenters. The normalized spacial score (nSPS) is 34.3. The van der Waals surface area contributed by atoms with E-state index in [1.54, 1.807) is 6.92 Å². The van der Waals surface area contributed by atoms with Crippen molar-refractivity contribution in [2.24, 2.45) is 17.8 Å². The maximum absolute atomic E-state index is 11.2. The number of ketones is 1. The van der Waals surface area contributed by atoms with Gasteiger partial charge in [-0.25, -0.2) is 0 Å². The quantitative estimate of drug-likeness (QED) is 0.557. The van der Waals surface area contributed by atoms with Gasteiger partial charge in [0, 0.05) is 19.8 Å². The first-order valence-corrected chi connectivity index (χ1v) is 7.88. The van der Waals surface area contributed by atoms with Crippen molar-refractivity contribution in [2.45, 2.75) is 65.1 Å². The van der Waals surface area contributed by atoms with Crippen LogP contribution in [0.1, 0.15) is 52.9 Å². The number of carbonyl (C=O) groups excluding carboxylic acids is 2. The highest BCUT2D eigenvalue weighted by atomic mass is 16.5. The second kappa shape index (κ2) is 6.63. The van der Waals surface area contributed by atoms with Crippen LogP contribution in [0.15, 0.2) is 12.3 Å². The molecule has 2 saturated carbocycles. The molecule has 0 spiro atoms. The number of rotatable bonds is 6. The monoisotopic (exact) mass is 294 g/mol. The van der Waals surface area contributed by atoms with Gasteiger partial charge in [-0.3, -0.25) is 4.79 Å². The molecule has 0 saturated heterocycles. The minimum Gasteiger partial charge on any atom is -0.495 e. The number of hydrogen-bond donors (Lipinski definition) is 0. The number of esters is 1. The topological polar surface area (TPSA) is 52.6 Å². The predicted octanol–water partition coefficient (Wildman–Crippen LogP) is 3.25. The lowest BCUT2D eigenvalue weighted by atomic mass is 9.85. The molecule has 2 bridgehead atoms. The molecule has 118 valence electrons. The lowest BCUT2D eigenvalue weighted by Crippen LogP contribution is -2.28. The average Bonchev–Trinajstić information content (AvgIpc) is 2.60. The van der Waals surface area contributed by atoms with Crippen LogP contribution in [0.5, 0.6) is 0 Å². The minimum atomic E-state index is -0.192. The largest absolute Gasteiger partial charge is 0.495 e. The maximum atomic E-state index is 11.2. The first kappa shape index (κ1) is 16.1. The van der Waals surface area contributed by atoms with Crippen LogP contribution in [0.2, 0.25) is 0 Å². The molecule has 2 aliphatic rings. The molecule has 21 heavy (non-hydrogen) atoms. The van der Waals surface area contributed by atoms with Gasteiger partial charge in [-0.05, 0) is 43.9 Å². The van der Waals surface area contributed by atoms with Gasteiger partial charge in [0.25, 0.3) is 0 Å². The molecule has 0 aromatic heterocycles. The smallest absolute Gasteiger partial charge is 0.302 e. The van der Waals surface area contributed by atoms with Crippen molar-refractivity contribution in [3.63, 3.8) is 0 Å². The fourth-order valence-corrected chi connectivity index (χ4v) is 3.85. The minimum absolute atomic E-state index is 0.0339. The van der Waals surface area contributed by atoms with Crippen molar-refractivity contribution in [2.75, 3.05) is 0 Å². The predicted molar refractivity (Wildman–Crippen MR) is 79.5 cm³/mol. The molecular formula is C17H26O4. The summed E-state index contributed by atoms with van der Waals surface area (Å²) in [6.07, 6.45) is 4.31. The van der Waals surface area contributed by atoms with E-state index < -0.39 is 0 Å². The molecule has 4 heteroatoms. The van der Waals surface area contributed by atoms with E-state index in [0.29, 0.717) is 36.4 Å². The van der Waals surface area contributed by atoms with Crippen molar-refractivity contribution in [1.82, 2.24) is 0 Å². The van der Waals surface area contributed by atoms with Gasteiger partial charge in [-0.15, -0.1) is 0 Å². The van der Waals surface area contributed by atoms with Gasteiger partial charge in [0.05, 0.1) is 11.9 Å². The van der Waals surface area contributed by atoms with Gasteiger partial charge in [-0.2, -0.15) is 0 Å². The zero-order chi connectivity index (χ0) is 15.6. The van der Waals surface area contributed by atoms with E-state index in [2.05, 4.69) is 13.5 Å². The lowest BCUT2D eigenvalue weighted by molar-refractivity contribution is -0.150. The van der Waals surface area contributed by atoms with Gasteiger partial charge in [0.1, 0.15) is 11.9 Å². The third-order valence-electron chi connectivity index (χ3n) is 4.85. The summed E-state index contributed by atoms with van der Waals surface area (Å²) >= 11 is 0. The van der Waals surface area contributed by atoms with E-state index in [4.69, 9.17) is 9.47 Å². The van der Waals surface area contributed by atoms with E-state index in [-0.39, 0.29) is 24.0 Å². The highest BCUT2D eigenvalue weighted by molar-refractivity contribution is 5.75. The zero-order valence-corrected chi connectivity index (χ0v) is 13.3. The molecule has 2 aliphatic carbocycles. The van der Waals surface area contributed by atoms with Gasteiger partial charge >= 0.3 is 5.97 Å². The third-order valence-corrected chi connectivity index (χ3v) is 4.85. The van der Waals surface area contributed by atoms with E-state index in [1.165, 1.54) is 6.92 Å². The molecule has 0 amide bonds. The second-order valence-electron chi connectivity index (χ2n) is 6.64. The van der Waals surface area contributed by atoms with Crippen LogP contribution in [0.25, 0.3) is 0 Å². The lowest BCUT2D eigenvalue weighted by Gasteiger charge is -2.29. The summed E-state index contributed by atoms with van der Waals surface area (Å²) in [4.78, 5) is 22.2. The first-order chi connectivity index (χ1) is 9.86. The Balaban J connectivity index is 1.88.